The first-order valence-electron chi connectivity index (χ1n) is 9.63. The molecular weight excluding hydrogens is 433 g/mol. The Balaban J connectivity index is 2.23. The summed E-state index contributed by atoms with van der Waals surface area (Å²) in [7, 11) is -3.83. The maximum absolute atomic E-state index is 12.9. The third-order valence-corrected chi connectivity index (χ3v) is 5.63. The van der Waals surface area contributed by atoms with Gasteiger partial charge in [0.25, 0.3) is 0 Å². The molecule has 2 aromatic rings. The second-order valence-corrected chi connectivity index (χ2v) is 8.69. The van der Waals surface area contributed by atoms with Crippen molar-refractivity contribution in [2.75, 3.05) is 17.2 Å². The summed E-state index contributed by atoms with van der Waals surface area (Å²) < 4.78 is 69.9. The summed E-state index contributed by atoms with van der Waals surface area (Å²) >= 11 is 0. The third kappa shape index (κ3) is 6.61. The molecule has 0 saturated carbocycles. The number of alkyl halides is 3. The van der Waals surface area contributed by atoms with Crippen LogP contribution in [-0.2, 0) is 27.5 Å². The van der Waals surface area contributed by atoms with E-state index in [0.717, 1.165) is 22.7 Å². The molecular formula is C21H25F3N2O4S. The summed E-state index contributed by atoms with van der Waals surface area (Å²) in [5.74, 6) is -0.0547. The Morgan fingerprint density at radius 3 is 2.29 bits per heavy atom. The molecule has 1 N–H and O–H groups in total. The largest absolute Gasteiger partial charge is 0.494 e. The number of hydrogen-bond donors (Lipinski definition) is 1. The molecule has 1 atom stereocenters. The Morgan fingerprint density at radius 1 is 1.13 bits per heavy atom. The zero-order valence-corrected chi connectivity index (χ0v) is 18.3. The van der Waals surface area contributed by atoms with Crippen LogP contribution < -0.4 is 14.4 Å². The van der Waals surface area contributed by atoms with Crippen molar-refractivity contribution in [1.29, 1.82) is 0 Å². The molecule has 0 spiro atoms. The number of sulfonamides is 1. The minimum Gasteiger partial charge on any atom is -0.494 e. The van der Waals surface area contributed by atoms with Gasteiger partial charge in [-0.1, -0.05) is 19.1 Å². The molecule has 6 nitrogen and oxygen atoms in total. The van der Waals surface area contributed by atoms with Gasteiger partial charge in [0.15, 0.2) is 0 Å². The fourth-order valence-corrected chi connectivity index (χ4v) is 4.29. The van der Waals surface area contributed by atoms with E-state index in [9.17, 15) is 26.4 Å². The van der Waals surface area contributed by atoms with E-state index in [1.54, 1.807) is 19.1 Å². The average molecular weight is 459 g/mol. The smallest absolute Gasteiger partial charge is 0.416 e. The van der Waals surface area contributed by atoms with Crippen molar-refractivity contribution in [2.45, 2.75) is 39.0 Å². The van der Waals surface area contributed by atoms with Gasteiger partial charge < -0.3 is 10.1 Å². The molecule has 2 aromatic carbocycles. The molecule has 31 heavy (non-hydrogen) atoms. The summed E-state index contributed by atoms with van der Waals surface area (Å²) in [6, 6.07) is 9.80. The van der Waals surface area contributed by atoms with Gasteiger partial charge in [-0.3, -0.25) is 9.10 Å². The Hall–Kier alpha value is -2.75. The van der Waals surface area contributed by atoms with E-state index in [2.05, 4.69) is 5.32 Å². The lowest BCUT2D eigenvalue weighted by atomic mass is 10.1. The van der Waals surface area contributed by atoms with Crippen molar-refractivity contribution >= 4 is 21.6 Å². The van der Waals surface area contributed by atoms with Crippen LogP contribution in [-0.4, -0.2) is 33.2 Å². The van der Waals surface area contributed by atoms with E-state index in [1.165, 1.54) is 24.3 Å². The normalized spacial score (nSPS) is 12.8. The molecule has 0 aliphatic rings. The number of benzene rings is 2. The van der Waals surface area contributed by atoms with Crippen molar-refractivity contribution in [2.24, 2.45) is 0 Å². The highest BCUT2D eigenvalue weighted by Crippen LogP contribution is 2.29. The Bertz CT molecular complexity index is 992. The van der Waals surface area contributed by atoms with Crippen molar-refractivity contribution < 1.29 is 31.1 Å². The molecule has 1 amide bonds. The SMILES string of the molecule is CCOc1ccc(N([C@H](CC)C(=O)NCc2cccc(C(F)(F)F)c2)S(C)(=O)=O)cc1. The molecule has 0 aromatic heterocycles. The number of rotatable bonds is 9. The molecule has 170 valence electrons. The van der Waals surface area contributed by atoms with E-state index >= 15 is 0 Å². The number of carbonyl (C=O) groups is 1. The summed E-state index contributed by atoms with van der Waals surface area (Å²) in [6.45, 7) is 3.75. The molecule has 0 bridgehead atoms. The standard InChI is InChI=1S/C21H25F3N2O4S/c1-4-19(20(27)25-14-15-7-6-8-16(13-15)21(22,23)24)26(31(3,28)29)17-9-11-18(12-10-17)30-5-2/h6-13,19H,4-5,14H2,1-3H3,(H,25,27)/t19-/m1/s1. The van der Waals surface area contributed by atoms with Gasteiger partial charge in [0.2, 0.25) is 15.9 Å². The lowest BCUT2D eigenvalue weighted by Gasteiger charge is -2.30. The van der Waals surface area contributed by atoms with Crippen molar-refractivity contribution in [1.82, 2.24) is 5.32 Å². The Kier molecular flexibility index (Phi) is 7.94. The first-order chi connectivity index (χ1) is 14.5. The minimum atomic E-state index is -4.49. The highest BCUT2D eigenvalue weighted by Gasteiger charge is 2.32. The van der Waals surface area contributed by atoms with E-state index in [1.807, 2.05) is 6.92 Å². The highest BCUT2D eigenvalue weighted by atomic mass is 32.2. The van der Waals surface area contributed by atoms with Gasteiger partial charge >= 0.3 is 6.18 Å². The maximum atomic E-state index is 12.9. The van der Waals surface area contributed by atoms with Crippen LogP contribution in [0.3, 0.4) is 0 Å². The van der Waals surface area contributed by atoms with Crippen LogP contribution in [0.1, 0.15) is 31.4 Å². The molecule has 0 aliphatic heterocycles. The van der Waals surface area contributed by atoms with Gasteiger partial charge in [0.05, 0.1) is 24.1 Å². The minimum absolute atomic E-state index is 0.161. The van der Waals surface area contributed by atoms with E-state index in [0.29, 0.717) is 12.4 Å². The molecule has 0 unspecified atom stereocenters. The number of amides is 1. The van der Waals surface area contributed by atoms with Crippen LogP contribution >= 0.6 is 0 Å². The first-order valence-corrected chi connectivity index (χ1v) is 11.5. The average Bonchev–Trinajstić information content (AvgIpc) is 2.70. The van der Waals surface area contributed by atoms with Crippen molar-refractivity contribution in [3.05, 3.63) is 59.7 Å². The molecule has 10 heteroatoms. The number of anilines is 1. The first kappa shape index (κ1) is 24.5. The fourth-order valence-electron chi connectivity index (χ4n) is 3.08. The van der Waals surface area contributed by atoms with Crippen LogP contribution in [0, 0.1) is 0 Å². The highest BCUT2D eigenvalue weighted by molar-refractivity contribution is 7.92. The summed E-state index contributed by atoms with van der Waals surface area (Å²) in [4.78, 5) is 12.8. The van der Waals surface area contributed by atoms with E-state index < -0.39 is 33.7 Å². The zero-order valence-electron chi connectivity index (χ0n) is 17.4. The Labute approximate surface area is 180 Å². The maximum Gasteiger partial charge on any atom is 0.416 e. The van der Waals surface area contributed by atoms with Crippen LogP contribution in [0.5, 0.6) is 5.75 Å². The van der Waals surface area contributed by atoms with Crippen LogP contribution in [0.4, 0.5) is 18.9 Å². The molecule has 0 heterocycles. The number of halogens is 3. The summed E-state index contributed by atoms with van der Waals surface area (Å²) in [5.41, 5.74) is -0.282. The lowest BCUT2D eigenvalue weighted by molar-refractivity contribution is -0.137. The number of hydrogen-bond acceptors (Lipinski definition) is 4. The number of carbonyl (C=O) groups excluding carboxylic acids is 1. The van der Waals surface area contributed by atoms with Gasteiger partial charge in [-0.2, -0.15) is 13.2 Å². The summed E-state index contributed by atoms with van der Waals surface area (Å²) in [5, 5.41) is 2.55. The van der Waals surface area contributed by atoms with Gasteiger partial charge in [0.1, 0.15) is 11.8 Å². The summed E-state index contributed by atoms with van der Waals surface area (Å²) in [6.07, 6.45) is -3.34. The van der Waals surface area contributed by atoms with Gasteiger partial charge in [-0.25, -0.2) is 8.42 Å². The van der Waals surface area contributed by atoms with Gasteiger partial charge in [-0.15, -0.1) is 0 Å². The molecule has 2 rings (SSSR count). The monoisotopic (exact) mass is 458 g/mol. The molecule has 0 radical (unpaired) electrons. The topological polar surface area (TPSA) is 75.7 Å². The van der Waals surface area contributed by atoms with Crippen molar-refractivity contribution in [3.63, 3.8) is 0 Å². The number of nitrogens with one attached hydrogen (secondary N) is 1. The lowest BCUT2D eigenvalue weighted by Crippen LogP contribution is -2.49. The Morgan fingerprint density at radius 2 is 1.77 bits per heavy atom. The molecule has 0 fully saturated rings. The van der Waals surface area contributed by atoms with Crippen LogP contribution in [0.2, 0.25) is 0 Å². The predicted octanol–water partition coefficient (Wildman–Crippen LogP) is 3.97. The fraction of sp³-hybridized carbons (Fsp3) is 0.381. The van der Waals surface area contributed by atoms with Gasteiger partial charge in [0, 0.05) is 6.54 Å². The second kappa shape index (κ2) is 10.0. The molecule has 0 saturated heterocycles. The third-order valence-electron chi connectivity index (χ3n) is 4.45. The second-order valence-electron chi connectivity index (χ2n) is 6.83. The van der Waals surface area contributed by atoms with Crippen LogP contribution in [0.25, 0.3) is 0 Å². The van der Waals surface area contributed by atoms with Crippen LogP contribution in [0.15, 0.2) is 48.5 Å². The van der Waals surface area contributed by atoms with Crippen molar-refractivity contribution in [3.8, 4) is 5.75 Å². The number of nitrogens with zero attached hydrogens (tertiary/aromatic N) is 1. The van der Waals surface area contributed by atoms with E-state index in [-0.39, 0.29) is 24.2 Å². The van der Waals surface area contributed by atoms with E-state index in [4.69, 9.17) is 4.74 Å². The molecule has 0 aliphatic carbocycles. The van der Waals surface area contributed by atoms with Gasteiger partial charge in [-0.05, 0) is 55.3 Å². The zero-order chi connectivity index (χ0) is 23.2. The predicted molar refractivity (Wildman–Crippen MR) is 112 cm³/mol. The number of ether oxygens (including phenoxy) is 1. The quantitative estimate of drug-likeness (QED) is 0.617.